The van der Waals surface area contributed by atoms with Gasteiger partial charge in [0.2, 0.25) is 0 Å². The molecule has 4 heteroatoms. The Labute approximate surface area is 114 Å². The van der Waals surface area contributed by atoms with E-state index in [1.165, 1.54) is 39.2 Å². The zero-order valence-corrected chi connectivity index (χ0v) is 12.0. The average molecular weight is 269 g/mol. The number of aliphatic imine (C=N–C) groups is 1. The third kappa shape index (κ3) is 3.74. The lowest BCUT2D eigenvalue weighted by Gasteiger charge is -2.30. The van der Waals surface area contributed by atoms with E-state index in [-0.39, 0.29) is 10.8 Å². The number of esters is 1. The number of hydrogen-bond donors (Lipinski definition) is 0. The maximum Gasteiger partial charge on any atom is 0.305 e. The van der Waals surface area contributed by atoms with Crippen LogP contribution in [-0.4, -0.2) is 29.4 Å². The molecule has 0 bridgehead atoms. The first-order chi connectivity index (χ1) is 8.74. The van der Waals surface area contributed by atoms with Crippen LogP contribution in [0, 0.1) is 0 Å². The molecule has 102 valence electrons. The topological polar surface area (TPSA) is 38.7 Å². The van der Waals surface area contributed by atoms with Crippen molar-refractivity contribution < 1.29 is 9.53 Å². The van der Waals surface area contributed by atoms with Crippen molar-refractivity contribution in [3.63, 3.8) is 0 Å². The summed E-state index contributed by atoms with van der Waals surface area (Å²) in [4.78, 5) is 16.0. The van der Waals surface area contributed by atoms with Gasteiger partial charge >= 0.3 is 5.97 Å². The number of hydrogen-bond acceptors (Lipinski definition) is 4. The molecule has 1 saturated carbocycles. The lowest BCUT2D eigenvalue weighted by atomic mass is 9.95. The monoisotopic (exact) mass is 269 g/mol. The summed E-state index contributed by atoms with van der Waals surface area (Å²) >= 11 is 2.06. The van der Waals surface area contributed by atoms with E-state index >= 15 is 0 Å². The molecule has 0 aromatic rings. The fourth-order valence-electron chi connectivity index (χ4n) is 2.76. The quantitative estimate of drug-likeness (QED) is 0.566. The van der Waals surface area contributed by atoms with E-state index < -0.39 is 0 Å². The minimum Gasteiger partial charge on any atom is -0.469 e. The first-order valence-electron chi connectivity index (χ1n) is 7.04. The van der Waals surface area contributed by atoms with E-state index in [0.717, 1.165) is 19.3 Å². The Kier molecular flexibility index (Phi) is 5.10. The van der Waals surface area contributed by atoms with Crippen LogP contribution in [0.2, 0.25) is 0 Å². The van der Waals surface area contributed by atoms with Crippen LogP contribution in [0.15, 0.2) is 4.99 Å². The van der Waals surface area contributed by atoms with Crippen molar-refractivity contribution in [1.82, 2.24) is 0 Å². The first-order valence-corrected chi connectivity index (χ1v) is 7.92. The molecule has 3 nitrogen and oxygen atoms in total. The minimum absolute atomic E-state index is 0.0912. The SMILES string of the molecule is COC(=O)CCCCC1C=NC2(CCCCC2)S1. The van der Waals surface area contributed by atoms with Crippen LogP contribution in [0.5, 0.6) is 0 Å². The summed E-state index contributed by atoms with van der Waals surface area (Å²) in [7, 11) is 1.45. The largest absolute Gasteiger partial charge is 0.469 e. The molecule has 1 spiro atoms. The Morgan fingerprint density at radius 2 is 2.17 bits per heavy atom. The molecule has 1 aliphatic heterocycles. The summed E-state index contributed by atoms with van der Waals surface area (Å²) in [6, 6.07) is 0. The minimum atomic E-state index is -0.0912. The Morgan fingerprint density at radius 3 is 2.89 bits per heavy atom. The lowest BCUT2D eigenvalue weighted by Crippen LogP contribution is -2.23. The predicted molar refractivity (Wildman–Crippen MR) is 76.2 cm³/mol. The summed E-state index contributed by atoms with van der Waals surface area (Å²) in [5, 5.41) is 0.570. The van der Waals surface area contributed by atoms with Crippen molar-refractivity contribution in [3.05, 3.63) is 0 Å². The van der Waals surface area contributed by atoms with Crippen LogP contribution in [-0.2, 0) is 9.53 Å². The van der Waals surface area contributed by atoms with Gasteiger partial charge in [0.15, 0.2) is 0 Å². The highest BCUT2D eigenvalue weighted by Gasteiger charge is 2.37. The molecule has 0 aromatic carbocycles. The molecule has 0 amide bonds. The van der Waals surface area contributed by atoms with Crippen LogP contribution in [0.3, 0.4) is 0 Å². The standard InChI is InChI=1S/C14H23NO2S/c1-17-13(16)8-4-3-7-12-11-15-14(18-12)9-5-2-6-10-14/h11-12H,2-10H2,1H3. The summed E-state index contributed by atoms with van der Waals surface area (Å²) in [5.74, 6) is -0.0912. The molecule has 0 N–H and O–H groups in total. The zero-order chi connectivity index (χ0) is 12.8. The number of unbranched alkanes of at least 4 members (excludes halogenated alkanes) is 1. The second-order valence-electron chi connectivity index (χ2n) is 5.26. The van der Waals surface area contributed by atoms with Gasteiger partial charge in [0.05, 0.1) is 7.11 Å². The Balaban J connectivity index is 1.64. The van der Waals surface area contributed by atoms with Gasteiger partial charge in [-0.15, -0.1) is 11.8 Å². The fourth-order valence-corrected chi connectivity index (χ4v) is 4.38. The van der Waals surface area contributed by atoms with Gasteiger partial charge in [0, 0.05) is 17.9 Å². The molecule has 0 saturated heterocycles. The van der Waals surface area contributed by atoms with Crippen molar-refractivity contribution in [2.45, 2.75) is 67.9 Å². The van der Waals surface area contributed by atoms with Gasteiger partial charge in [0.1, 0.15) is 4.87 Å². The molecule has 0 aromatic heterocycles. The molecule has 1 aliphatic carbocycles. The van der Waals surface area contributed by atoms with Gasteiger partial charge in [-0.3, -0.25) is 9.79 Å². The molecule has 1 unspecified atom stereocenters. The fraction of sp³-hybridized carbons (Fsp3) is 0.857. The van der Waals surface area contributed by atoms with Crippen molar-refractivity contribution >= 4 is 23.9 Å². The van der Waals surface area contributed by atoms with E-state index in [1.54, 1.807) is 0 Å². The van der Waals surface area contributed by atoms with Gasteiger partial charge in [-0.2, -0.15) is 0 Å². The van der Waals surface area contributed by atoms with E-state index in [4.69, 9.17) is 4.99 Å². The summed E-state index contributed by atoms with van der Waals surface area (Å²) in [6.45, 7) is 0. The van der Waals surface area contributed by atoms with E-state index in [1.807, 2.05) is 0 Å². The van der Waals surface area contributed by atoms with E-state index in [2.05, 4.69) is 22.7 Å². The maximum absolute atomic E-state index is 11.0. The number of nitrogens with zero attached hydrogens (tertiary/aromatic N) is 1. The van der Waals surface area contributed by atoms with Crippen LogP contribution in [0.25, 0.3) is 0 Å². The van der Waals surface area contributed by atoms with Crippen molar-refractivity contribution in [2.24, 2.45) is 4.99 Å². The van der Waals surface area contributed by atoms with Crippen LogP contribution in [0.4, 0.5) is 0 Å². The van der Waals surface area contributed by atoms with Crippen LogP contribution >= 0.6 is 11.8 Å². The average Bonchev–Trinajstić information content (AvgIpc) is 2.78. The maximum atomic E-state index is 11.0. The third-order valence-corrected chi connectivity index (χ3v) is 5.44. The summed E-state index contributed by atoms with van der Waals surface area (Å²) in [6.07, 6.45) is 12.4. The van der Waals surface area contributed by atoms with Gasteiger partial charge in [0.25, 0.3) is 0 Å². The van der Waals surface area contributed by atoms with Gasteiger partial charge in [-0.25, -0.2) is 0 Å². The predicted octanol–water partition coefficient (Wildman–Crippen LogP) is 3.57. The van der Waals surface area contributed by atoms with Crippen LogP contribution in [0.1, 0.15) is 57.8 Å². The molecule has 1 heterocycles. The molecule has 1 fully saturated rings. The Bertz CT molecular complexity index is 311. The second kappa shape index (κ2) is 6.60. The normalized spacial score (nSPS) is 25.5. The summed E-state index contributed by atoms with van der Waals surface area (Å²) in [5.41, 5.74) is 0. The third-order valence-electron chi connectivity index (χ3n) is 3.83. The number of carbonyl (C=O) groups is 1. The van der Waals surface area contributed by atoms with E-state index in [0.29, 0.717) is 11.7 Å². The smallest absolute Gasteiger partial charge is 0.305 e. The number of rotatable bonds is 5. The van der Waals surface area contributed by atoms with Crippen molar-refractivity contribution in [1.29, 1.82) is 0 Å². The molecule has 2 rings (SSSR count). The number of carbonyl (C=O) groups excluding carboxylic acids is 1. The first kappa shape index (κ1) is 13.9. The number of thioether (sulfide) groups is 1. The Morgan fingerprint density at radius 1 is 1.39 bits per heavy atom. The molecule has 18 heavy (non-hydrogen) atoms. The molecular formula is C14H23NO2S. The van der Waals surface area contributed by atoms with Gasteiger partial charge < -0.3 is 4.74 Å². The Hall–Kier alpha value is -0.510. The van der Waals surface area contributed by atoms with Crippen LogP contribution < -0.4 is 0 Å². The molecule has 1 atom stereocenters. The highest BCUT2D eigenvalue weighted by Crippen LogP contribution is 2.47. The highest BCUT2D eigenvalue weighted by molar-refractivity contribution is 8.02. The summed E-state index contributed by atoms with van der Waals surface area (Å²) < 4.78 is 4.64. The number of methoxy groups -OCH3 is 1. The molecule has 0 radical (unpaired) electrons. The number of ether oxygens (including phenoxy) is 1. The highest BCUT2D eigenvalue weighted by atomic mass is 32.2. The molecule has 2 aliphatic rings. The van der Waals surface area contributed by atoms with Gasteiger partial charge in [-0.1, -0.05) is 25.7 Å². The van der Waals surface area contributed by atoms with Gasteiger partial charge in [-0.05, 0) is 25.7 Å². The van der Waals surface area contributed by atoms with Crippen molar-refractivity contribution in [3.8, 4) is 0 Å². The van der Waals surface area contributed by atoms with Crippen molar-refractivity contribution in [2.75, 3.05) is 7.11 Å². The molecular weight excluding hydrogens is 246 g/mol. The zero-order valence-electron chi connectivity index (χ0n) is 11.2. The second-order valence-corrected chi connectivity index (χ2v) is 6.86. The van der Waals surface area contributed by atoms with E-state index in [9.17, 15) is 4.79 Å². The lowest BCUT2D eigenvalue weighted by molar-refractivity contribution is -0.140.